The number of fused-ring (bicyclic) bond motifs is 1. The standard InChI is InChI=1S/C33H36N4O3/c1-22(34)26-14-9-15-28(21-26)33(40)37(3)30(20-24-16-17-25-12-7-8-13-27(25)18-24)32(39)36-29(31(38)35-2)19-23-10-5-4-6-11-23/h4-18,21-22,29-30H,19-20,34H2,1-3H3,(H,35,38)(H,36,39)/t22?,29-,30-/m1/s1. The van der Waals surface area contributed by atoms with Gasteiger partial charge in [0.2, 0.25) is 11.8 Å². The maximum atomic E-state index is 13.9. The number of amides is 3. The molecule has 0 saturated heterocycles. The largest absolute Gasteiger partial charge is 0.357 e. The molecule has 1 unspecified atom stereocenters. The van der Waals surface area contributed by atoms with Gasteiger partial charge in [-0.3, -0.25) is 14.4 Å². The van der Waals surface area contributed by atoms with Crippen LogP contribution in [0, 0.1) is 0 Å². The van der Waals surface area contributed by atoms with Crippen LogP contribution in [0.5, 0.6) is 0 Å². The van der Waals surface area contributed by atoms with E-state index in [9.17, 15) is 14.4 Å². The molecular formula is C33H36N4O3. The molecule has 206 valence electrons. The minimum Gasteiger partial charge on any atom is -0.357 e. The van der Waals surface area contributed by atoms with Gasteiger partial charge in [-0.25, -0.2) is 0 Å². The van der Waals surface area contributed by atoms with E-state index in [0.29, 0.717) is 12.0 Å². The molecule has 4 N–H and O–H groups in total. The first-order valence-corrected chi connectivity index (χ1v) is 13.4. The first kappa shape index (κ1) is 28.5. The monoisotopic (exact) mass is 536 g/mol. The van der Waals surface area contributed by atoms with Crippen LogP contribution in [0.15, 0.2) is 97.1 Å². The molecule has 0 spiro atoms. The van der Waals surface area contributed by atoms with Crippen molar-refractivity contribution in [2.75, 3.05) is 14.1 Å². The van der Waals surface area contributed by atoms with E-state index in [1.807, 2.05) is 85.8 Å². The van der Waals surface area contributed by atoms with Crippen molar-refractivity contribution in [1.29, 1.82) is 0 Å². The number of nitrogens with two attached hydrogens (primary N) is 1. The van der Waals surface area contributed by atoms with E-state index in [-0.39, 0.29) is 24.3 Å². The van der Waals surface area contributed by atoms with Crippen molar-refractivity contribution in [2.45, 2.75) is 37.9 Å². The number of likely N-dealkylation sites (N-methyl/N-ethyl adjacent to an activating group) is 2. The molecule has 0 aliphatic rings. The average Bonchev–Trinajstić information content (AvgIpc) is 2.98. The van der Waals surface area contributed by atoms with Crippen LogP contribution in [-0.2, 0) is 22.4 Å². The van der Waals surface area contributed by atoms with Crippen LogP contribution in [0.25, 0.3) is 10.8 Å². The Hall–Kier alpha value is -4.49. The summed E-state index contributed by atoms with van der Waals surface area (Å²) in [4.78, 5) is 41.8. The Morgan fingerprint density at radius 3 is 2.17 bits per heavy atom. The lowest BCUT2D eigenvalue weighted by Crippen LogP contribution is -2.55. The second-order valence-electron chi connectivity index (χ2n) is 10.1. The summed E-state index contributed by atoms with van der Waals surface area (Å²) >= 11 is 0. The number of benzene rings is 4. The lowest BCUT2D eigenvalue weighted by atomic mass is 9.98. The van der Waals surface area contributed by atoms with Gasteiger partial charge in [0, 0.05) is 38.5 Å². The summed E-state index contributed by atoms with van der Waals surface area (Å²) in [5.41, 5.74) is 9.14. The van der Waals surface area contributed by atoms with Gasteiger partial charge in [-0.1, -0.05) is 84.9 Å². The summed E-state index contributed by atoms with van der Waals surface area (Å²) in [6, 6.07) is 28.8. The summed E-state index contributed by atoms with van der Waals surface area (Å²) in [5, 5.41) is 7.71. The van der Waals surface area contributed by atoms with E-state index in [2.05, 4.69) is 10.6 Å². The van der Waals surface area contributed by atoms with E-state index in [4.69, 9.17) is 5.73 Å². The molecule has 7 nitrogen and oxygen atoms in total. The van der Waals surface area contributed by atoms with Gasteiger partial charge in [0.1, 0.15) is 12.1 Å². The fraction of sp³-hybridized carbons (Fsp3) is 0.242. The molecule has 40 heavy (non-hydrogen) atoms. The van der Waals surface area contributed by atoms with Gasteiger partial charge in [0.15, 0.2) is 0 Å². The second kappa shape index (κ2) is 13.0. The zero-order valence-electron chi connectivity index (χ0n) is 23.1. The highest BCUT2D eigenvalue weighted by Crippen LogP contribution is 2.20. The van der Waals surface area contributed by atoms with Crippen LogP contribution in [0.2, 0.25) is 0 Å². The predicted octanol–water partition coefficient (Wildman–Crippen LogP) is 4.02. The Kier molecular flexibility index (Phi) is 9.30. The number of carbonyl (C=O) groups is 3. The minimum atomic E-state index is -0.865. The molecule has 4 aromatic carbocycles. The highest BCUT2D eigenvalue weighted by molar-refractivity contribution is 5.98. The Balaban J connectivity index is 1.65. The van der Waals surface area contributed by atoms with Gasteiger partial charge < -0.3 is 21.3 Å². The third-order valence-corrected chi connectivity index (χ3v) is 7.15. The highest BCUT2D eigenvalue weighted by Gasteiger charge is 2.31. The Labute approximate surface area is 235 Å². The number of rotatable bonds is 10. The van der Waals surface area contributed by atoms with Gasteiger partial charge in [0.25, 0.3) is 5.91 Å². The highest BCUT2D eigenvalue weighted by atomic mass is 16.2. The number of hydrogen-bond donors (Lipinski definition) is 3. The first-order valence-electron chi connectivity index (χ1n) is 13.4. The molecule has 0 radical (unpaired) electrons. The van der Waals surface area contributed by atoms with E-state index < -0.39 is 18.0 Å². The molecule has 3 amide bonds. The summed E-state index contributed by atoms with van der Waals surface area (Å²) < 4.78 is 0. The Morgan fingerprint density at radius 2 is 1.48 bits per heavy atom. The maximum Gasteiger partial charge on any atom is 0.254 e. The Bertz CT molecular complexity index is 1490. The van der Waals surface area contributed by atoms with Gasteiger partial charge in [-0.2, -0.15) is 0 Å². The molecule has 7 heteroatoms. The van der Waals surface area contributed by atoms with Crippen molar-refractivity contribution in [3.05, 3.63) is 119 Å². The topological polar surface area (TPSA) is 105 Å². The maximum absolute atomic E-state index is 13.9. The number of nitrogens with zero attached hydrogens (tertiary/aromatic N) is 1. The lowest BCUT2D eigenvalue weighted by Gasteiger charge is -2.29. The van der Waals surface area contributed by atoms with Gasteiger partial charge in [-0.15, -0.1) is 0 Å². The quantitative estimate of drug-likeness (QED) is 0.285. The Morgan fingerprint density at radius 1 is 0.775 bits per heavy atom. The zero-order chi connectivity index (χ0) is 28.6. The second-order valence-corrected chi connectivity index (χ2v) is 10.1. The fourth-order valence-corrected chi connectivity index (χ4v) is 4.80. The van der Waals surface area contributed by atoms with E-state index in [1.54, 1.807) is 32.3 Å². The smallest absolute Gasteiger partial charge is 0.254 e. The van der Waals surface area contributed by atoms with Gasteiger partial charge in [0.05, 0.1) is 0 Å². The third kappa shape index (κ3) is 6.93. The van der Waals surface area contributed by atoms with E-state index >= 15 is 0 Å². The molecule has 0 aliphatic carbocycles. The normalized spacial score (nSPS) is 13.2. The molecule has 0 fully saturated rings. The molecule has 3 atom stereocenters. The third-order valence-electron chi connectivity index (χ3n) is 7.15. The van der Waals surface area contributed by atoms with Gasteiger partial charge >= 0.3 is 0 Å². The van der Waals surface area contributed by atoms with E-state index in [1.165, 1.54) is 4.90 Å². The van der Waals surface area contributed by atoms with Crippen molar-refractivity contribution in [3.8, 4) is 0 Å². The van der Waals surface area contributed by atoms with Crippen molar-refractivity contribution >= 4 is 28.5 Å². The van der Waals surface area contributed by atoms with Crippen LogP contribution in [0.1, 0.15) is 40.0 Å². The number of carbonyl (C=O) groups excluding carboxylic acids is 3. The molecule has 0 saturated carbocycles. The van der Waals surface area contributed by atoms with Gasteiger partial charge in [-0.05, 0) is 46.5 Å². The predicted molar refractivity (Wildman–Crippen MR) is 159 cm³/mol. The van der Waals surface area contributed by atoms with Crippen molar-refractivity contribution < 1.29 is 14.4 Å². The van der Waals surface area contributed by atoms with Crippen molar-refractivity contribution in [1.82, 2.24) is 15.5 Å². The molecule has 0 aliphatic heterocycles. The summed E-state index contributed by atoms with van der Waals surface area (Å²) in [6.45, 7) is 1.86. The molecule has 0 aromatic heterocycles. The zero-order valence-corrected chi connectivity index (χ0v) is 23.1. The van der Waals surface area contributed by atoms with Crippen LogP contribution < -0.4 is 16.4 Å². The van der Waals surface area contributed by atoms with Crippen LogP contribution in [-0.4, -0.2) is 48.8 Å². The van der Waals surface area contributed by atoms with Crippen LogP contribution in [0.3, 0.4) is 0 Å². The summed E-state index contributed by atoms with van der Waals surface area (Å²) in [5.74, 6) is -1.01. The van der Waals surface area contributed by atoms with Crippen LogP contribution >= 0.6 is 0 Å². The first-order chi connectivity index (χ1) is 19.3. The SMILES string of the molecule is CNC(=O)[C@@H](Cc1ccccc1)NC(=O)[C@@H](Cc1ccc2ccccc2c1)N(C)C(=O)c1cccc(C(C)N)c1. The molecule has 4 aromatic rings. The number of hydrogen-bond acceptors (Lipinski definition) is 4. The van der Waals surface area contributed by atoms with Crippen molar-refractivity contribution in [3.63, 3.8) is 0 Å². The molecular weight excluding hydrogens is 500 g/mol. The fourth-order valence-electron chi connectivity index (χ4n) is 4.80. The molecule has 0 heterocycles. The summed E-state index contributed by atoms with van der Waals surface area (Å²) in [6.07, 6.45) is 0.598. The summed E-state index contributed by atoms with van der Waals surface area (Å²) in [7, 11) is 3.17. The number of nitrogens with one attached hydrogen (secondary N) is 2. The molecule has 4 rings (SSSR count). The van der Waals surface area contributed by atoms with E-state index in [0.717, 1.165) is 27.5 Å². The molecule has 0 bridgehead atoms. The van der Waals surface area contributed by atoms with Crippen molar-refractivity contribution in [2.24, 2.45) is 5.73 Å². The minimum absolute atomic E-state index is 0.235. The average molecular weight is 537 g/mol. The lowest BCUT2D eigenvalue weighted by molar-refractivity contribution is -0.131. The van der Waals surface area contributed by atoms with Crippen LogP contribution in [0.4, 0.5) is 0 Å².